The van der Waals surface area contributed by atoms with E-state index in [1.807, 2.05) is 6.07 Å². The SMILES string of the molecule is CCOC(=O)c1nc2ccc(-c3cnc(C(C)(C)O)nc3)cc2c(Cl)c1Cl. The predicted octanol–water partition coefficient (Wildman–Crippen LogP) is 4.40. The summed E-state index contributed by atoms with van der Waals surface area (Å²) in [5, 5.41) is 10.8. The molecular weight excluding hydrogens is 389 g/mol. The van der Waals surface area contributed by atoms with E-state index in [0.29, 0.717) is 16.7 Å². The maximum absolute atomic E-state index is 12.0. The van der Waals surface area contributed by atoms with Crippen LogP contribution in [0.4, 0.5) is 0 Å². The lowest BCUT2D eigenvalue weighted by Gasteiger charge is -2.15. The first kappa shape index (κ1) is 19.5. The van der Waals surface area contributed by atoms with Crippen molar-refractivity contribution in [2.75, 3.05) is 6.61 Å². The van der Waals surface area contributed by atoms with Gasteiger partial charge in [0.05, 0.1) is 22.2 Å². The Kier molecular flexibility index (Phi) is 5.33. The summed E-state index contributed by atoms with van der Waals surface area (Å²) in [7, 11) is 0. The average Bonchev–Trinajstić information content (AvgIpc) is 2.64. The molecule has 1 aromatic carbocycles. The zero-order valence-electron chi connectivity index (χ0n) is 15.0. The van der Waals surface area contributed by atoms with Gasteiger partial charge in [0.25, 0.3) is 0 Å². The summed E-state index contributed by atoms with van der Waals surface area (Å²) >= 11 is 12.6. The van der Waals surface area contributed by atoms with Crippen LogP contribution in [0.3, 0.4) is 0 Å². The molecule has 2 aromatic heterocycles. The van der Waals surface area contributed by atoms with E-state index in [2.05, 4.69) is 15.0 Å². The van der Waals surface area contributed by atoms with Crippen molar-refractivity contribution in [1.82, 2.24) is 15.0 Å². The van der Waals surface area contributed by atoms with Gasteiger partial charge in [-0.3, -0.25) is 0 Å². The molecule has 0 aliphatic carbocycles. The van der Waals surface area contributed by atoms with Crippen molar-refractivity contribution in [1.29, 1.82) is 0 Å². The number of fused-ring (bicyclic) bond motifs is 1. The second kappa shape index (κ2) is 7.38. The van der Waals surface area contributed by atoms with Crippen molar-refractivity contribution < 1.29 is 14.6 Å². The van der Waals surface area contributed by atoms with Crippen LogP contribution >= 0.6 is 23.2 Å². The molecule has 0 amide bonds. The van der Waals surface area contributed by atoms with Crippen molar-refractivity contribution in [3.63, 3.8) is 0 Å². The van der Waals surface area contributed by atoms with Crippen molar-refractivity contribution in [3.05, 3.63) is 52.2 Å². The summed E-state index contributed by atoms with van der Waals surface area (Å²) < 4.78 is 4.96. The largest absolute Gasteiger partial charge is 0.461 e. The predicted molar refractivity (Wildman–Crippen MR) is 104 cm³/mol. The molecule has 0 atom stereocenters. The molecule has 0 spiro atoms. The first-order valence-electron chi connectivity index (χ1n) is 8.23. The normalized spacial score (nSPS) is 11.6. The van der Waals surface area contributed by atoms with Crippen LogP contribution in [0.5, 0.6) is 0 Å². The van der Waals surface area contributed by atoms with Crippen LogP contribution in [-0.4, -0.2) is 32.6 Å². The van der Waals surface area contributed by atoms with Crippen LogP contribution < -0.4 is 0 Å². The zero-order valence-corrected chi connectivity index (χ0v) is 16.5. The molecule has 0 fully saturated rings. The highest BCUT2D eigenvalue weighted by Gasteiger charge is 2.21. The number of benzene rings is 1. The second-order valence-electron chi connectivity index (χ2n) is 6.40. The number of hydrogen-bond donors (Lipinski definition) is 1. The lowest BCUT2D eigenvalue weighted by atomic mass is 10.0. The Morgan fingerprint density at radius 1 is 1.15 bits per heavy atom. The molecule has 0 saturated carbocycles. The maximum atomic E-state index is 12.0. The number of pyridine rings is 1. The van der Waals surface area contributed by atoms with Crippen molar-refractivity contribution in [2.45, 2.75) is 26.4 Å². The number of carbonyl (C=O) groups is 1. The Morgan fingerprint density at radius 3 is 2.41 bits per heavy atom. The number of hydrogen-bond acceptors (Lipinski definition) is 6. The summed E-state index contributed by atoms with van der Waals surface area (Å²) in [6.07, 6.45) is 3.24. The van der Waals surface area contributed by atoms with E-state index < -0.39 is 11.6 Å². The number of ether oxygens (including phenoxy) is 1. The van der Waals surface area contributed by atoms with Gasteiger partial charge >= 0.3 is 5.97 Å². The van der Waals surface area contributed by atoms with Crippen LogP contribution in [0.2, 0.25) is 10.0 Å². The van der Waals surface area contributed by atoms with Crippen LogP contribution in [-0.2, 0) is 10.3 Å². The smallest absolute Gasteiger partial charge is 0.358 e. The number of carbonyl (C=O) groups excluding carboxylic acids is 1. The lowest BCUT2D eigenvalue weighted by Crippen LogP contribution is -2.19. The first-order valence-corrected chi connectivity index (χ1v) is 8.99. The van der Waals surface area contributed by atoms with E-state index in [1.165, 1.54) is 0 Å². The Balaban J connectivity index is 2.06. The van der Waals surface area contributed by atoms with Crippen LogP contribution in [0.15, 0.2) is 30.6 Å². The molecule has 0 aliphatic heterocycles. The van der Waals surface area contributed by atoms with Gasteiger partial charge in [-0.15, -0.1) is 0 Å². The molecule has 27 heavy (non-hydrogen) atoms. The number of aliphatic hydroxyl groups is 1. The minimum absolute atomic E-state index is 0.0124. The first-order chi connectivity index (χ1) is 12.7. The van der Waals surface area contributed by atoms with E-state index in [0.717, 1.165) is 11.1 Å². The Bertz CT molecular complexity index is 1020. The number of aromatic nitrogens is 3. The molecule has 0 unspecified atom stereocenters. The number of halogens is 2. The third-order valence-corrected chi connectivity index (χ3v) is 4.72. The fourth-order valence-corrected chi connectivity index (χ4v) is 2.97. The van der Waals surface area contributed by atoms with Gasteiger partial charge in [0, 0.05) is 23.3 Å². The molecule has 0 saturated heterocycles. The minimum Gasteiger partial charge on any atom is -0.461 e. The van der Waals surface area contributed by atoms with Gasteiger partial charge in [-0.25, -0.2) is 19.7 Å². The topological polar surface area (TPSA) is 85.2 Å². The van der Waals surface area contributed by atoms with Gasteiger partial charge in [0.15, 0.2) is 11.5 Å². The Labute approximate surface area is 166 Å². The van der Waals surface area contributed by atoms with Gasteiger partial charge < -0.3 is 9.84 Å². The van der Waals surface area contributed by atoms with Gasteiger partial charge in [-0.05, 0) is 38.5 Å². The van der Waals surface area contributed by atoms with E-state index in [-0.39, 0.29) is 22.3 Å². The third kappa shape index (κ3) is 3.88. The molecule has 8 heteroatoms. The molecule has 0 bridgehead atoms. The van der Waals surface area contributed by atoms with Gasteiger partial charge in [0.2, 0.25) is 0 Å². The lowest BCUT2D eigenvalue weighted by molar-refractivity contribution is 0.0520. The number of esters is 1. The van der Waals surface area contributed by atoms with E-state index >= 15 is 0 Å². The quantitative estimate of drug-likeness (QED) is 0.647. The summed E-state index contributed by atoms with van der Waals surface area (Å²) in [6.45, 7) is 5.15. The molecule has 140 valence electrons. The zero-order chi connectivity index (χ0) is 19.8. The summed E-state index contributed by atoms with van der Waals surface area (Å²) in [4.78, 5) is 24.7. The molecule has 2 heterocycles. The van der Waals surface area contributed by atoms with Crippen molar-refractivity contribution in [2.24, 2.45) is 0 Å². The Morgan fingerprint density at radius 2 is 1.81 bits per heavy atom. The molecular formula is C19H17Cl2N3O3. The highest BCUT2D eigenvalue weighted by molar-refractivity contribution is 6.46. The number of nitrogens with zero attached hydrogens (tertiary/aromatic N) is 3. The summed E-state index contributed by atoms with van der Waals surface area (Å²) in [5.74, 6) is -0.292. The third-order valence-electron chi connectivity index (χ3n) is 3.87. The fraction of sp³-hybridized carbons (Fsp3) is 0.263. The maximum Gasteiger partial charge on any atom is 0.358 e. The van der Waals surface area contributed by atoms with Crippen molar-refractivity contribution >= 4 is 40.1 Å². The molecule has 0 radical (unpaired) electrons. The second-order valence-corrected chi connectivity index (χ2v) is 7.15. The van der Waals surface area contributed by atoms with Crippen LogP contribution in [0.1, 0.15) is 37.1 Å². The average molecular weight is 406 g/mol. The molecule has 1 N–H and O–H groups in total. The monoisotopic (exact) mass is 405 g/mol. The molecule has 3 rings (SSSR count). The summed E-state index contributed by atoms with van der Waals surface area (Å²) in [6, 6.07) is 5.35. The number of rotatable bonds is 4. The van der Waals surface area contributed by atoms with Crippen molar-refractivity contribution in [3.8, 4) is 11.1 Å². The summed E-state index contributed by atoms with van der Waals surface area (Å²) in [5.41, 5.74) is 0.929. The highest BCUT2D eigenvalue weighted by Crippen LogP contribution is 2.35. The van der Waals surface area contributed by atoms with E-state index in [1.54, 1.807) is 45.3 Å². The van der Waals surface area contributed by atoms with Crippen LogP contribution in [0.25, 0.3) is 22.0 Å². The Hall–Kier alpha value is -2.28. The van der Waals surface area contributed by atoms with E-state index in [9.17, 15) is 9.90 Å². The molecule has 6 nitrogen and oxygen atoms in total. The fourth-order valence-electron chi connectivity index (χ4n) is 2.51. The van der Waals surface area contributed by atoms with Gasteiger partial charge in [0.1, 0.15) is 5.60 Å². The van der Waals surface area contributed by atoms with Crippen LogP contribution in [0, 0.1) is 0 Å². The molecule has 3 aromatic rings. The molecule has 0 aliphatic rings. The highest BCUT2D eigenvalue weighted by atomic mass is 35.5. The van der Waals surface area contributed by atoms with Gasteiger partial charge in [-0.2, -0.15) is 0 Å². The van der Waals surface area contributed by atoms with Gasteiger partial charge in [-0.1, -0.05) is 29.3 Å². The standard InChI is InChI=1S/C19H17Cl2N3O3/c1-4-27-17(25)16-15(21)14(20)12-7-10(5-6-13(12)24-16)11-8-22-18(23-9-11)19(2,3)26/h5-9,26H,4H2,1-3H3. The minimum atomic E-state index is -1.12. The van der Waals surface area contributed by atoms with E-state index in [4.69, 9.17) is 27.9 Å².